The first-order chi connectivity index (χ1) is 9.50. The maximum atomic E-state index is 12.2. The molecule has 5 nitrogen and oxygen atoms in total. The molecule has 0 amide bonds. The molecule has 0 unspecified atom stereocenters. The molecule has 0 aliphatic carbocycles. The van der Waals surface area contributed by atoms with Crippen LogP contribution in [0.15, 0.2) is 4.52 Å². The molecule has 2 aliphatic heterocycles. The van der Waals surface area contributed by atoms with Crippen LogP contribution in [0.1, 0.15) is 24.6 Å². The van der Waals surface area contributed by atoms with Crippen LogP contribution in [0.3, 0.4) is 0 Å². The van der Waals surface area contributed by atoms with Crippen molar-refractivity contribution in [2.24, 2.45) is 5.92 Å². The van der Waals surface area contributed by atoms with Gasteiger partial charge in [0.25, 0.3) is 0 Å². The van der Waals surface area contributed by atoms with Crippen LogP contribution in [0, 0.1) is 5.92 Å². The van der Waals surface area contributed by atoms with E-state index in [1.165, 1.54) is 0 Å². The average molecular weight is 291 g/mol. The SMILES string of the molecule is FC(F)(F)CCc1noc([C@]23CNC[C@H]2CCOC3)n1. The number of halogens is 3. The maximum absolute atomic E-state index is 12.2. The van der Waals surface area contributed by atoms with Crippen LogP contribution in [0.4, 0.5) is 13.2 Å². The van der Waals surface area contributed by atoms with Crippen molar-refractivity contribution >= 4 is 0 Å². The number of hydrogen-bond acceptors (Lipinski definition) is 5. The van der Waals surface area contributed by atoms with E-state index < -0.39 is 12.6 Å². The quantitative estimate of drug-likeness (QED) is 0.913. The normalized spacial score (nSPS) is 30.4. The highest BCUT2D eigenvalue weighted by atomic mass is 19.4. The van der Waals surface area contributed by atoms with E-state index in [-0.39, 0.29) is 17.7 Å². The van der Waals surface area contributed by atoms with E-state index in [9.17, 15) is 13.2 Å². The third-order valence-corrected chi connectivity index (χ3v) is 4.11. The third-order valence-electron chi connectivity index (χ3n) is 4.11. The Morgan fingerprint density at radius 2 is 2.25 bits per heavy atom. The van der Waals surface area contributed by atoms with E-state index in [0.717, 1.165) is 13.0 Å². The minimum Gasteiger partial charge on any atom is -0.380 e. The monoisotopic (exact) mass is 291 g/mol. The van der Waals surface area contributed by atoms with Gasteiger partial charge in [0.1, 0.15) is 0 Å². The molecule has 1 aromatic heterocycles. The van der Waals surface area contributed by atoms with Crippen molar-refractivity contribution in [1.82, 2.24) is 15.5 Å². The van der Waals surface area contributed by atoms with Crippen molar-refractivity contribution in [3.05, 3.63) is 11.7 Å². The molecular formula is C12H16F3N3O2. The molecule has 2 saturated heterocycles. The summed E-state index contributed by atoms with van der Waals surface area (Å²) in [7, 11) is 0. The van der Waals surface area contributed by atoms with Gasteiger partial charge >= 0.3 is 6.18 Å². The van der Waals surface area contributed by atoms with Gasteiger partial charge in [-0.2, -0.15) is 18.2 Å². The third kappa shape index (κ3) is 2.54. The second-order valence-corrected chi connectivity index (χ2v) is 5.46. The standard InChI is InChI=1S/C12H16F3N3O2/c13-12(14,15)3-1-9-17-10(20-18-9)11-6-16-5-8(11)2-4-19-7-11/h8,16H,1-7H2/t8-,11+/m1/s1. The van der Waals surface area contributed by atoms with Gasteiger partial charge in [0.15, 0.2) is 5.82 Å². The maximum Gasteiger partial charge on any atom is 0.389 e. The first kappa shape index (κ1) is 13.8. The van der Waals surface area contributed by atoms with Crippen molar-refractivity contribution in [3.63, 3.8) is 0 Å². The lowest BCUT2D eigenvalue weighted by molar-refractivity contribution is -0.134. The highest BCUT2D eigenvalue weighted by Crippen LogP contribution is 2.39. The number of aryl methyl sites for hydroxylation is 1. The molecular weight excluding hydrogens is 275 g/mol. The van der Waals surface area contributed by atoms with Gasteiger partial charge in [-0.05, 0) is 18.9 Å². The molecule has 0 bridgehead atoms. The lowest BCUT2D eigenvalue weighted by Crippen LogP contribution is -2.44. The first-order valence-electron chi connectivity index (χ1n) is 6.68. The summed E-state index contributed by atoms with van der Waals surface area (Å²) in [4.78, 5) is 4.17. The van der Waals surface area contributed by atoms with E-state index in [0.29, 0.717) is 31.6 Å². The molecule has 8 heteroatoms. The highest BCUT2D eigenvalue weighted by molar-refractivity contribution is 5.15. The lowest BCUT2D eigenvalue weighted by Gasteiger charge is -2.34. The van der Waals surface area contributed by atoms with Crippen molar-refractivity contribution < 1.29 is 22.4 Å². The van der Waals surface area contributed by atoms with E-state index in [1.807, 2.05) is 0 Å². The summed E-state index contributed by atoms with van der Waals surface area (Å²) in [6.07, 6.45) is -4.49. The summed E-state index contributed by atoms with van der Waals surface area (Å²) in [5.74, 6) is 0.861. The molecule has 1 aromatic rings. The number of nitrogens with zero attached hydrogens (tertiary/aromatic N) is 2. The summed E-state index contributed by atoms with van der Waals surface area (Å²) in [6.45, 7) is 2.69. The van der Waals surface area contributed by atoms with E-state index in [1.54, 1.807) is 0 Å². The number of aromatic nitrogens is 2. The fourth-order valence-corrected chi connectivity index (χ4v) is 2.96. The van der Waals surface area contributed by atoms with Gasteiger partial charge < -0.3 is 14.6 Å². The predicted molar refractivity (Wildman–Crippen MR) is 62.1 cm³/mol. The zero-order valence-electron chi connectivity index (χ0n) is 10.9. The Morgan fingerprint density at radius 3 is 3.05 bits per heavy atom. The van der Waals surface area contributed by atoms with Crippen LogP contribution in [0.5, 0.6) is 0 Å². The van der Waals surface area contributed by atoms with Gasteiger partial charge in [-0.25, -0.2) is 0 Å². The Hall–Kier alpha value is -1.15. The van der Waals surface area contributed by atoms with Crippen LogP contribution in [-0.2, 0) is 16.6 Å². The van der Waals surface area contributed by atoms with Crippen LogP contribution in [0.25, 0.3) is 0 Å². The summed E-state index contributed by atoms with van der Waals surface area (Å²) in [5, 5.41) is 6.96. The Morgan fingerprint density at radius 1 is 1.40 bits per heavy atom. The molecule has 20 heavy (non-hydrogen) atoms. The smallest absolute Gasteiger partial charge is 0.380 e. The Balaban J connectivity index is 1.75. The molecule has 0 aromatic carbocycles. The number of hydrogen-bond donors (Lipinski definition) is 1. The first-order valence-corrected chi connectivity index (χ1v) is 6.68. The second-order valence-electron chi connectivity index (χ2n) is 5.46. The average Bonchev–Trinajstić information content (AvgIpc) is 3.03. The van der Waals surface area contributed by atoms with Crippen LogP contribution in [-0.4, -0.2) is 42.6 Å². The van der Waals surface area contributed by atoms with E-state index in [2.05, 4.69) is 15.5 Å². The van der Waals surface area contributed by atoms with Gasteiger partial charge in [0, 0.05) is 19.6 Å². The molecule has 3 heterocycles. The van der Waals surface area contributed by atoms with Crippen molar-refractivity contribution in [1.29, 1.82) is 0 Å². The van der Waals surface area contributed by atoms with Gasteiger partial charge in [-0.1, -0.05) is 5.16 Å². The zero-order chi connectivity index (χ0) is 14.2. The zero-order valence-corrected chi connectivity index (χ0v) is 10.9. The molecule has 0 spiro atoms. The number of rotatable bonds is 3. The summed E-state index contributed by atoms with van der Waals surface area (Å²) in [5.41, 5.74) is -0.373. The Labute approximate surface area is 113 Å². The summed E-state index contributed by atoms with van der Waals surface area (Å²) >= 11 is 0. The van der Waals surface area contributed by atoms with Crippen molar-refractivity contribution in [3.8, 4) is 0 Å². The number of alkyl halides is 3. The van der Waals surface area contributed by atoms with Gasteiger partial charge in [-0.15, -0.1) is 0 Å². The number of fused-ring (bicyclic) bond motifs is 1. The van der Waals surface area contributed by atoms with Gasteiger partial charge in [0.2, 0.25) is 5.89 Å². The van der Waals surface area contributed by atoms with Crippen molar-refractivity contribution in [2.75, 3.05) is 26.3 Å². The van der Waals surface area contributed by atoms with Crippen LogP contribution >= 0.6 is 0 Å². The van der Waals surface area contributed by atoms with Gasteiger partial charge in [-0.3, -0.25) is 0 Å². The van der Waals surface area contributed by atoms with Gasteiger partial charge in [0.05, 0.1) is 18.4 Å². The molecule has 0 saturated carbocycles. The van der Waals surface area contributed by atoms with E-state index in [4.69, 9.17) is 9.26 Å². The molecule has 1 N–H and O–H groups in total. The summed E-state index contributed by atoms with van der Waals surface area (Å²) in [6, 6.07) is 0. The largest absolute Gasteiger partial charge is 0.389 e. The van der Waals surface area contributed by atoms with E-state index >= 15 is 0 Å². The fourth-order valence-electron chi connectivity index (χ4n) is 2.96. The fraction of sp³-hybridized carbons (Fsp3) is 0.833. The van der Waals surface area contributed by atoms with Crippen LogP contribution < -0.4 is 5.32 Å². The minimum atomic E-state index is -4.20. The molecule has 3 rings (SSSR count). The topological polar surface area (TPSA) is 60.2 Å². The Bertz CT molecular complexity index is 477. The number of ether oxygens (including phenoxy) is 1. The summed E-state index contributed by atoms with van der Waals surface area (Å²) < 4.78 is 47.3. The molecule has 2 aliphatic rings. The van der Waals surface area contributed by atoms with Crippen molar-refractivity contribution in [2.45, 2.75) is 30.9 Å². The molecule has 2 atom stereocenters. The van der Waals surface area contributed by atoms with Crippen LogP contribution in [0.2, 0.25) is 0 Å². The minimum absolute atomic E-state index is 0.114. The predicted octanol–water partition coefficient (Wildman–Crippen LogP) is 1.44. The Kier molecular flexibility index (Phi) is 3.45. The lowest BCUT2D eigenvalue weighted by atomic mass is 9.75. The highest BCUT2D eigenvalue weighted by Gasteiger charge is 2.50. The second kappa shape index (κ2) is 5.00. The molecule has 2 fully saturated rings. The molecule has 0 radical (unpaired) electrons. The number of nitrogens with one attached hydrogen (secondary N) is 1. The molecule has 112 valence electrons.